The van der Waals surface area contributed by atoms with Crippen LogP contribution in [0, 0.1) is 0 Å². The van der Waals surface area contributed by atoms with Gasteiger partial charge < -0.3 is 12.4 Å². The van der Waals surface area contributed by atoms with Gasteiger partial charge in [0.1, 0.15) is 0 Å². The maximum absolute atomic E-state index is 2.63. The molecule has 0 nitrogen and oxygen atoms in total. The quantitative estimate of drug-likeness (QED) is 0.412. The van der Waals surface area contributed by atoms with Crippen molar-refractivity contribution < 1.29 is 12.4 Å². The third-order valence-electron chi connectivity index (χ3n) is 4.85. The van der Waals surface area contributed by atoms with Crippen LogP contribution in [-0.4, -0.2) is 13.6 Å². The van der Waals surface area contributed by atoms with E-state index < -0.39 is 13.6 Å². The zero-order valence-corrected chi connectivity index (χ0v) is 17.7. The Hall–Kier alpha value is -2.27. The summed E-state index contributed by atoms with van der Waals surface area (Å²) < 4.78 is 4.48. The number of hydrogen-bond acceptors (Lipinski definition) is 0. The molecule has 2 heteroatoms. The zero-order valence-electron chi connectivity index (χ0n) is 15.1. The van der Waals surface area contributed by atoms with Gasteiger partial charge in [-0.1, -0.05) is 0 Å². The van der Waals surface area contributed by atoms with Gasteiger partial charge in [0.15, 0.2) is 0 Å². The molecule has 0 aliphatic carbocycles. The minimum absolute atomic E-state index is 0. The summed E-state index contributed by atoms with van der Waals surface area (Å²) in [6.45, 7) is 0. The molecule has 0 aromatic heterocycles. The van der Waals surface area contributed by atoms with Crippen molar-refractivity contribution in [2.75, 3.05) is 0 Å². The molecular weight excluding hydrogens is 411 g/mol. The Morgan fingerprint density at radius 1 is 0.407 bits per heavy atom. The SMILES string of the molecule is [Cl-].c1ccc(C[As+](c2ccccc2)(c2ccccc2)c2ccccc2)cc1. The van der Waals surface area contributed by atoms with Crippen molar-refractivity contribution in [3.05, 3.63) is 127 Å². The topological polar surface area (TPSA) is 0 Å². The molecule has 0 saturated carbocycles. The molecule has 0 amide bonds. The van der Waals surface area contributed by atoms with Gasteiger partial charge in [0.25, 0.3) is 0 Å². The van der Waals surface area contributed by atoms with Gasteiger partial charge >= 0.3 is 159 Å². The van der Waals surface area contributed by atoms with Crippen molar-refractivity contribution in [3.8, 4) is 0 Å². The Kier molecular flexibility index (Phi) is 6.56. The van der Waals surface area contributed by atoms with E-state index in [0.29, 0.717) is 0 Å². The first-order valence-electron chi connectivity index (χ1n) is 8.98. The summed E-state index contributed by atoms with van der Waals surface area (Å²) in [7, 11) is 0. The minimum atomic E-state index is -2.63. The zero-order chi connectivity index (χ0) is 17.7. The molecule has 0 saturated heterocycles. The second kappa shape index (κ2) is 9.09. The molecule has 0 bridgehead atoms. The molecule has 134 valence electrons. The van der Waals surface area contributed by atoms with E-state index in [2.05, 4.69) is 121 Å². The number of halogens is 1. The van der Waals surface area contributed by atoms with E-state index in [1.807, 2.05) is 0 Å². The van der Waals surface area contributed by atoms with Crippen molar-refractivity contribution >= 4 is 26.6 Å². The number of rotatable bonds is 5. The van der Waals surface area contributed by atoms with Gasteiger partial charge in [-0.05, 0) is 0 Å². The van der Waals surface area contributed by atoms with Crippen LogP contribution in [0.4, 0.5) is 0 Å². The van der Waals surface area contributed by atoms with Crippen molar-refractivity contribution in [2.24, 2.45) is 0 Å². The molecule has 0 heterocycles. The molecule has 0 fully saturated rings. The molecule has 0 atom stereocenters. The van der Waals surface area contributed by atoms with Gasteiger partial charge in [0, 0.05) is 0 Å². The predicted molar refractivity (Wildman–Crippen MR) is 114 cm³/mol. The van der Waals surface area contributed by atoms with Crippen LogP contribution in [0.2, 0.25) is 0 Å². The normalized spacial score (nSPS) is 10.8. The van der Waals surface area contributed by atoms with E-state index in [9.17, 15) is 0 Å². The second-order valence-electron chi connectivity index (χ2n) is 6.46. The van der Waals surface area contributed by atoms with E-state index in [1.165, 1.54) is 18.6 Å². The molecule has 0 unspecified atom stereocenters. The van der Waals surface area contributed by atoms with E-state index in [4.69, 9.17) is 0 Å². The molecule has 0 N–H and O–H groups in total. The van der Waals surface area contributed by atoms with Crippen LogP contribution in [0.5, 0.6) is 0 Å². The average molecular weight is 433 g/mol. The molecule has 4 rings (SSSR count). The molecule has 0 radical (unpaired) electrons. The first kappa shape index (κ1) is 19.5. The first-order chi connectivity index (χ1) is 12.9. The third kappa shape index (κ3) is 4.03. The van der Waals surface area contributed by atoms with Crippen LogP contribution >= 0.6 is 0 Å². The third-order valence-corrected chi connectivity index (χ3v) is 14.0. The summed E-state index contributed by atoms with van der Waals surface area (Å²) >= 11 is -2.63. The first-order valence-corrected chi connectivity index (χ1v) is 13.1. The number of hydrogen-bond donors (Lipinski definition) is 0. The van der Waals surface area contributed by atoms with E-state index in [1.54, 1.807) is 0 Å². The average Bonchev–Trinajstić information content (AvgIpc) is 2.75. The fourth-order valence-corrected chi connectivity index (χ4v) is 12.5. The van der Waals surface area contributed by atoms with Crippen LogP contribution < -0.4 is 25.5 Å². The standard InChI is InChI=1S/C25H22As.ClH/c1-5-13-22(14-6-1)21-26(23-15-7-2-8-16-23,24-17-9-3-10-18-24)25-19-11-4-12-20-25;/h1-20H,21H2;1H/q+1;/p-1. The molecular formula is C25H22AsCl. The van der Waals surface area contributed by atoms with Gasteiger partial charge in [-0.3, -0.25) is 0 Å². The summed E-state index contributed by atoms with van der Waals surface area (Å²) in [5.41, 5.74) is 1.41. The Morgan fingerprint density at radius 2 is 0.704 bits per heavy atom. The molecule has 0 aliphatic rings. The summed E-state index contributed by atoms with van der Waals surface area (Å²) in [6.07, 6.45) is 0. The number of benzene rings is 4. The van der Waals surface area contributed by atoms with E-state index >= 15 is 0 Å². The molecule has 0 spiro atoms. The molecule has 4 aromatic rings. The van der Waals surface area contributed by atoms with Crippen molar-refractivity contribution in [1.29, 1.82) is 0 Å². The monoisotopic (exact) mass is 432 g/mol. The molecule has 0 aliphatic heterocycles. The Balaban J connectivity index is 0.00000210. The van der Waals surface area contributed by atoms with Gasteiger partial charge in [0.05, 0.1) is 0 Å². The van der Waals surface area contributed by atoms with E-state index in [0.717, 1.165) is 5.21 Å². The fraction of sp³-hybridized carbons (Fsp3) is 0.0400. The summed E-state index contributed by atoms with van der Waals surface area (Å²) in [5, 5.41) is 1.09. The Bertz CT molecular complexity index is 842. The van der Waals surface area contributed by atoms with E-state index in [-0.39, 0.29) is 12.4 Å². The van der Waals surface area contributed by atoms with Gasteiger partial charge in [-0.2, -0.15) is 0 Å². The van der Waals surface area contributed by atoms with Gasteiger partial charge in [-0.15, -0.1) is 0 Å². The van der Waals surface area contributed by atoms with Crippen LogP contribution in [0.1, 0.15) is 5.56 Å². The van der Waals surface area contributed by atoms with Crippen LogP contribution in [0.15, 0.2) is 121 Å². The van der Waals surface area contributed by atoms with Crippen molar-refractivity contribution in [2.45, 2.75) is 5.21 Å². The molecule has 4 aromatic carbocycles. The summed E-state index contributed by atoms with van der Waals surface area (Å²) in [6, 6.07) is 44.4. The molecule has 27 heavy (non-hydrogen) atoms. The van der Waals surface area contributed by atoms with Crippen LogP contribution in [0.25, 0.3) is 0 Å². The van der Waals surface area contributed by atoms with Gasteiger partial charge in [-0.25, -0.2) is 0 Å². The summed E-state index contributed by atoms with van der Waals surface area (Å²) in [5.74, 6) is 0. The van der Waals surface area contributed by atoms with Crippen molar-refractivity contribution in [3.63, 3.8) is 0 Å². The van der Waals surface area contributed by atoms with Crippen LogP contribution in [-0.2, 0) is 5.21 Å². The van der Waals surface area contributed by atoms with Gasteiger partial charge in [0.2, 0.25) is 0 Å². The van der Waals surface area contributed by atoms with Crippen LogP contribution in [0.3, 0.4) is 0 Å². The maximum atomic E-state index is 2.33. The fourth-order valence-electron chi connectivity index (χ4n) is 3.63. The second-order valence-corrected chi connectivity index (χ2v) is 13.8. The summed E-state index contributed by atoms with van der Waals surface area (Å²) in [4.78, 5) is 0. The Labute approximate surface area is 170 Å². The predicted octanol–water partition coefficient (Wildman–Crippen LogP) is 0.943. The van der Waals surface area contributed by atoms with Crippen molar-refractivity contribution in [1.82, 2.24) is 0 Å². The Morgan fingerprint density at radius 3 is 1.04 bits per heavy atom.